The lowest BCUT2D eigenvalue weighted by Crippen LogP contribution is -2.48. The molecule has 134 valence electrons. The highest BCUT2D eigenvalue weighted by atomic mass is 17.1. The van der Waals surface area contributed by atoms with Gasteiger partial charge in [-0.3, -0.25) is 0 Å². The van der Waals surface area contributed by atoms with Crippen molar-refractivity contribution >= 4 is 0 Å². The first kappa shape index (κ1) is 17.5. The van der Waals surface area contributed by atoms with Crippen LogP contribution in [0.2, 0.25) is 0 Å². The Labute approximate surface area is 143 Å². The molecule has 1 saturated heterocycles. The molecule has 1 heterocycles. The lowest BCUT2D eigenvalue weighted by Gasteiger charge is -2.44. The third kappa shape index (κ3) is 2.99. The summed E-state index contributed by atoms with van der Waals surface area (Å²) in [4.78, 5) is 6.50. The van der Waals surface area contributed by atoms with Gasteiger partial charge in [0.25, 0.3) is 0 Å². The van der Waals surface area contributed by atoms with Crippen molar-refractivity contribution in [1.82, 2.24) is 4.90 Å². The van der Waals surface area contributed by atoms with E-state index >= 15 is 0 Å². The minimum absolute atomic E-state index is 0.0650. The van der Waals surface area contributed by atoms with Gasteiger partial charge in [0.05, 0.1) is 20.3 Å². The molecule has 3 atom stereocenters. The van der Waals surface area contributed by atoms with Crippen LogP contribution in [0.25, 0.3) is 0 Å². The molecule has 0 spiro atoms. The van der Waals surface area contributed by atoms with Gasteiger partial charge in [-0.25, -0.2) is 10.1 Å². The largest absolute Gasteiger partial charge is 0.493 e. The molecule has 6 heteroatoms. The molecular weight excluding hydrogens is 310 g/mol. The highest BCUT2D eigenvalue weighted by Crippen LogP contribution is 2.50. The molecular formula is C18H27NO5. The lowest BCUT2D eigenvalue weighted by atomic mass is 9.65. The van der Waals surface area contributed by atoms with Crippen LogP contribution in [0.5, 0.6) is 11.5 Å². The summed E-state index contributed by atoms with van der Waals surface area (Å²) in [5.41, 5.74) is 1.43. The van der Waals surface area contributed by atoms with Gasteiger partial charge in [0, 0.05) is 11.5 Å². The number of benzene rings is 1. The molecule has 0 radical (unpaired) electrons. The number of methoxy groups -OCH3 is 2. The molecule has 3 rings (SSSR count). The van der Waals surface area contributed by atoms with Crippen LogP contribution in [0.1, 0.15) is 31.2 Å². The van der Waals surface area contributed by atoms with Gasteiger partial charge in [-0.15, -0.1) is 0 Å². The second kappa shape index (κ2) is 7.27. The Morgan fingerprint density at radius 3 is 2.71 bits per heavy atom. The second-order valence-corrected chi connectivity index (χ2v) is 6.78. The Kier molecular flexibility index (Phi) is 5.30. The Balaban J connectivity index is 1.88. The van der Waals surface area contributed by atoms with Gasteiger partial charge in [-0.2, -0.15) is 0 Å². The zero-order chi connectivity index (χ0) is 17.2. The van der Waals surface area contributed by atoms with Crippen molar-refractivity contribution in [2.24, 2.45) is 0 Å². The number of hydrogen-bond donors (Lipinski definition) is 1. The number of likely N-dealkylation sites (tertiary alicyclic amines) is 1. The Morgan fingerprint density at radius 2 is 2.00 bits per heavy atom. The summed E-state index contributed by atoms with van der Waals surface area (Å²) in [5.74, 6) is 1.54. The molecule has 2 fully saturated rings. The molecule has 6 nitrogen and oxygen atoms in total. The van der Waals surface area contributed by atoms with Crippen molar-refractivity contribution in [3.8, 4) is 11.5 Å². The van der Waals surface area contributed by atoms with Crippen molar-refractivity contribution in [2.45, 2.75) is 43.2 Å². The van der Waals surface area contributed by atoms with Crippen LogP contribution in [-0.2, 0) is 15.0 Å². The Morgan fingerprint density at radius 1 is 1.21 bits per heavy atom. The summed E-state index contributed by atoms with van der Waals surface area (Å²) >= 11 is 0. The molecule has 24 heavy (non-hydrogen) atoms. The highest BCUT2D eigenvalue weighted by molar-refractivity contribution is 5.46. The third-order valence-corrected chi connectivity index (χ3v) is 5.79. The zero-order valence-electron chi connectivity index (χ0n) is 14.7. The van der Waals surface area contributed by atoms with E-state index in [2.05, 4.69) is 29.0 Å². The van der Waals surface area contributed by atoms with E-state index in [0.717, 1.165) is 43.7 Å². The molecule has 1 aliphatic heterocycles. The molecule has 0 aromatic heterocycles. The fourth-order valence-electron chi connectivity index (χ4n) is 4.51. The van der Waals surface area contributed by atoms with Gasteiger partial charge >= 0.3 is 0 Å². The molecule has 1 N–H and O–H groups in total. The van der Waals surface area contributed by atoms with Gasteiger partial charge in [-0.05, 0) is 57.0 Å². The Hall–Kier alpha value is -1.34. The van der Waals surface area contributed by atoms with Gasteiger partial charge in [0.2, 0.25) is 0 Å². The van der Waals surface area contributed by atoms with Crippen LogP contribution in [0.15, 0.2) is 18.2 Å². The van der Waals surface area contributed by atoms with E-state index in [0.29, 0.717) is 6.04 Å². The normalized spacial score (nSPS) is 30.2. The number of nitrogens with zero attached hydrogens (tertiary/aromatic N) is 1. The van der Waals surface area contributed by atoms with Gasteiger partial charge in [-0.1, -0.05) is 6.07 Å². The zero-order valence-corrected chi connectivity index (χ0v) is 14.7. The first-order chi connectivity index (χ1) is 11.6. The molecule has 0 bridgehead atoms. The first-order valence-electron chi connectivity index (χ1n) is 8.45. The average Bonchev–Trinajstić information content (AvgIpc) is 2.97. The van der Waals surface area contributed by atoms with Crippen LogP contribution >= 0.6 is 0 Å². The SMILES string of the molecule is COc1ccc([C@@]23CCC(OCOO)C[C@@H]2N(C)CC3)cc1OC. The standard InChI is InChI=1S/C18H27NO5/c1-19-9-8-18(7-6-14(11-17(18)19)23-12-24-20)13-4-5-15(21-2)16(10-13)22-3/h4-5,10,14,17,20H,6-9,11-12H2,1-3H3/t14?,17-,18-/m0/s1. The van der Waals surface area contributed by atoms with E-state index in [1.807, 2.05) is 6.07 Å². The van der Waals surface area contributed by atoms with Crippen LogP contribution in [0.3, 0.4) is 0 Å². The minimum atomic E-state index is -0.0650. The quantitative estimate of drug-likeness (QED) is 0.489. The second-order valence-electron chi connectivity index (χ2n) is 6.78. The van der Waals surface area contributed by atoms with Crippen molar-refractivity contribution in [2.75, 3.05) is 34.6 Å². The molecule has 1 aromatic rings. The van der Waals surface area contributed by atoms with E-state index in [4.69, 9.17) is 19.5 Å². The van der Waals surface area contributed by atoms with Crippen molar-refractivity contribution in [1.29, 1.82) is 0 Å². The van der Waals surface area contributed by atoms with Crippen LogP contribution < -0.4 is 9.47 Å². The van der Waals surface area contributed by atoms with Crippen LogP contribution in [-0.4, -0.2) is 56.9 Å². The topological polar surface area (TPSA) is 60.4 Å². The van der Waals surface area contributed by atoms with Crippen molar-refractivity contribution in [3.63, 3.8) is 0 Å². The smallest absolute Gasteiger partial charge is 0.180 e. The Bertz CT molecular complexity index is 566. The third-order valence-electron chi connectivity index (χ3n) is 5.79. The summed E-state index contributed by atoms with van der Waals surface area (Å²) in [6.07, 6.45) is 4.20. The first-order valence-corrected chi connectivity index (χ1v) is 8.45. The molecule has 0 amide bonds. The maximum Gasteiger partial charge on any atom is 0.180 e. The molecule has 1 aliphatic carbocycles. The number of rotatable bonds is 6. The lowest BCUT2D eigenvalue weighted by molar-refractivity contribution is -0.305. The van der Waals surface area contributed by atoms with Gasteiger partial charge < -0.3 is 19.1 Å². The highest BCUT2D eigenvalue weighted by Gasteiger charge is 2.50. The minimum Gasteiger partial charge on any atom is -0.493 e. The monoisotopic (exact) mass is 337 g/mol. The van der Waals surface area contributed by atoms with Crippen LogP contribution in [0, 0.1) is 0 Å². The van der Waals surface area contributed by atoms with E-state index in [1.54, 1.807) is 14.2 Å². The number of fused-ring (bicyclic) bond motifs is 1. The average molecular weight is 337 g/mol. The van der Waals surface area contributed by atoms with E-state index in [-0.39, 0.29) is 18.3 Å². The van der Waals surface area contributed by atoms with E-state index in [9.17, 15) is 0 Å². The number of likely N-dealkylation sites (N-methyl/N-ethyl adjacent to an activating group) is 1. The molecule has 2 aliphatic rings. The van der Waals surface area contributed by atoms with Crippen molar-refractivity contribution < 1.29 is 24.4 Å². The predicted octanol–water partition coefficient (Wildman–Crippen LogP) is 2.66. The fourth-order valence-corrected chi connectivity index (χ4v) is 4.51. The molecule has 1 aromatic carbocycles. The summed E-state index contributed by atoms with van der Waals surface area (Å²) in [6.45, 7) is 1.01. The molecule has 1 unspecified atom stereocenters. The van der Waals surface area contributed by atoms with Crippen LogP contribution in [0.4, 0.5) is 0 Å². The van der Waals surface area contributed by atoms with E-state index < -0.39 is 0 Å². The maximum atomic E-state index is 8.51. The van der Waals surface area contributed by atoms with Gasteiger partial charge in [0.1, 0.15) is 0 Å². The number of hydrogen-bond acceptors (Lipinski definition) is 6. The summed E-state index contributed by atoms with van der Waals surface area (Å²) in [7, 11) is 5.52. The fraction of sp³-hybridized carbons (Fsp3) is 0.667. The summed E-state index contributed by atoms with van der Waals surface area (Å²) in [5, 5.41) is 8.51. The van der Waals surface area contributed by atoms with Gasteiger partial charge in [0.15, 0.2) is 18.3 Å². The maximum absolute atomic E-state index is 8.51. The van der Waals surface area contributed by atoms with E-state index in [1.165, 1.54) is 5.56 Å². The number of ether oxygens (including phenoxy) is 3. The molecule has 1 saturated carbocycles. The predicted molar refractivity (Wildman–Crippen MR) is 89.6 cm³/mol. The summed E-state index contributed by atoms with van der Waals surface area (Å²) in [6, 6.07) is 6.71. The summed E-state index contributed by atoms with van der Waals surface area (Å²) < 4.78 is 16.5. The van der Waals surface area contributed by atoms with Crippen molar-refractivity contribution in [3.05, 3.63) is 23.8 Å².